The summed E-state index contributed by atoms with van der Waals surface area (Å²) in [5, 5.41) is 12.2. The molecule has 0 unspecified atom stereocenters. The van der Waals surface area contributed by atoms with Gasteiger partial charge in [0.05, 0.1) is 11.6 Å². The van der Waals surface area contributed by atoms with Crippen LogP contribution in [-0.4, -0.2) is 32.1 Å². The minimum absolute atomic E-state index is 0.693. The summed E-state index contributed by atoms with van der Waals surface area (Å²) in [5.74, 6) is 0.905. The number of rotatable bonds is 8. The predicted octanol–water partition coefficient (Wildman–Crippen LogP) is 2.79. The van der Waals surface area contributed by atoms with Crippen LogP contribution in [0.3, 0.4) is 0 Å². The Labute approximate surface area is 138 Å². The van der Waals surface area contributed by atoms with Crippen LogP contribution in [0.5, 0.6) is 5.75 Å². The van der Waals surface area contributed by atoms with Crippen molar-refractivity contribution in [1.82, 2.24) is 10.2 Å². The van der Waals surface area contributed by atoms with Crippen LogP contribution in [-0.2, 0) is 13.1 Å². The van der Waals surface area contributed by atoms with E-state index in [1.807, 2.05) is 50.5 Å². The van der Waals surface area contributed by atoms with Gasteiger partial charge in [-0.1, -0.05) is 24.3 Å². The van der Waals surface area contributed by atoms with Gasteiger partial charge < -0.3 is 15.0 Å². The van der Waals surface area contributed by atoms with Gasteiger partial charge in [0.1, 0.15) is 12.4 Å². The maximum Gasteiger partial charge on any atom is 0.119 e. The Morgan fingerprint density at radius 3 is 2.04 bits per heavy atom. The van der Waals surface area contributed by atoms with Crippen molar-refractivity contribution in [2.45, 2.75) is 13.1 Å². The first-order chi connectivity index (χ1) is 11.2. The minimum atomic E-state index is 0.693. The number of nitrogens with one attached hydrogen (secondary N) is 1. The van der Waals surface area contributed by atoms with E-state index in [1.54, 1.807) is 0 Å². The molecule has 0 spiro atoms. The Morgan fingerprint density at radius 2 is 1.52 bits per heavy atom. The maximum absolute atomic E-state index is 8.78. The molecule has 4 nitrogen and oxygen atoms in total. The molecule has 0 radical (unpaired) electrons. The standard InChI is InChI=1S/C19H23N3O/c1-22(2)11-12-23-19-9-7-18(8-10-19)15-21-14-17-5-3-16(13-20)4-6-17/h3-10,21H,11-12,14-15H2,1-2H3. The van der Waals surface area contributed by atoms with E-state index in [0.29, 0.717) is 12.2 Å². The fraction of sp³-hybridized carbons (Fsp3) is 0.316. The smallest absolute Gasteiger partial charge is 0.119 e. The lowest BCUT2D eigenvalue weighted by atomic mass is 10.1. The Kier molecular flexibility index (Phi) is 6.61. The van der Waals surface area contributed by atoms with E-state index in [-0.39, 0.29) is 0 Å². The van der Waals surface area contributed by atoms with Crippen LogP contribution in [0.2, 0.25) is 0 Å². The molecule has 4 heteroatoms. The second kappa shape index (κ2) is 8.94. The molecule has 0 saturated carbocycles. The zero-order valence-corrected chi connectivity index (χ0v) is 13.7. The van der Waals surface area contributed by atoms with Crippen LogP contribution in [0.15, 0.2) is 48.5 Å². The topological polar surface area (TPSA) is 48.3 Å². The lowest BCUT2D eigenvalue weighted by Crippen LogP contribution is -2.19. The van der Waals surface area contributed by atoms with Crippen LogP contribution < -0.4 is 10.1 Å². The van der Waals surface area contributed by atoms with E-state index < -0.39 is 0 Å². The second-order valence-corrected chi connectivity index (χ2v) is 5.71. The molecule has 0 saturated heterocycles. The van der Waals surface area contributed by atoms with E-state index in [1.165, 1.54) is 11.1 Å². The average Bonchev–Trinajstić information content (AvgIpc) is 2.57. The third kappa shape index (κ3) is 6.11. The number of ether oxygens (including phenoxy) is 1. The van der Waals surface area contributed by atoms with Gasteiger partial charge in [0.25, 0.3) is 0 Å². The summed E-state index contributed by atoms with van der Waals surface area (Å²) in [4.78, 5) is 2.10. The first-order valence-corrected chi connectivity index (χ1v) is 7.73. The number of likely N-dealkylation sites (N-methyl/N-ethyl adjacent to an activating group) is 1. The van der Waals surface area contributed by atoms with Crippen LogP contribution in [0.25, 0.3) is 0 Å². The van der Waals surface area contributed by atoms with Gasteiger partial charge in [0.2, 0.25) is 0 Å². The molecule has 0 aliphatic heterocycles. The van der Waals surface area contributed by atoms with Crippen molar-refractivity contribution in [3.63, 3.8) is 0 Å². The quantitative estimate of drug-likeness (QED) is 0.814. The van der Waals surface area contributed by atoms with Crippen LogP contribution in [0, 0.1) is 11.3 Å². The molecule has 0 aliphatic rings. The number of hydrogen-bond donors (Lipinski definition) is 1. The van der Waals surface area contributed by atoms with E-state index in [2.05, 4.69) is 28.4 Å². The predicted molar refractivity (Wildman–Crippen MR) is 92.2 cm³/mol. The summed E-state index contributed by atoms with van der Waals surface area (Å²) in [5.41, 5.74) is 3.09. The van der Waals surface area contributed by atoms with Gasteiger partial charge >= 0.3 is 0 Å². The first-order valence-electron chi connectivity index (χ1n) is 7.73. The Morgan fingerprint density at radius 1 is 0.957 bits per heavy atom. The summed E-state index contributed by atoms with van der Waals surface area (Å²) in [6.45, 7) is 3.20. The molecule has 0 heterocycles. The highest BCUT2D eigenvalue weighted by molar-refractivity contribution is 5.31. The van der Waals surface area contributed by atoms with Crippen molar-refractivity contribution in [2.75, 3.05) is 27.2 Å². The number of benzene rings is 2. The summed E-state index contributed by atoms with van der Waals surface area (Å²) >= 11 is 0. The molecule has 0 amide bonds. The lowest BCUT2D eigenvalue weighted by molar-refractivity contribution is 0.261. The van der Waals surface area contributed by atoms with Gasteiger partial charge in [-0.25, -0.2) is 0 Å². The van der Waals surface area contributed by atoms with E-state index in [0.717, 1.165) is 25.4 Å². The molecule has 0 aromatic heterocycles. The van der Waals surface area contributed by atoms with Crippen molar-refractivity contribution in [2.24, 2.45) is 0 Å². The number of nitriles is 1. The van der Waals surface area contributed by atoms with E-state index in [9.17, 15) is 0 Å². The molecule has 0 bridgehead atoms. The SMILES string of the molecule is CN(C)CCOc1ccc(CNCc2ccc(C#N)cc2)cc1. The summed E-state index contributed by atoms with van der Waals surface area (Å²) in [6.07, 6.45) is 0. The van der Waals surface area contributed by atoms with Gasteiger partial charge in [0.15, 0.2) is 0 Å². The van der Waals surface area contributed by atoms with E-state index in [4.69, 9.17) is 10.00 Å². The highest BCUT2D eigenvalue weighted by atomic mass is 16.5. The normalized spacial score (nSPS) is 10.5. The molecule has 2 aromatic rings. The van der Waals surface area contributed by atoms with Crippen molar-refractivity contribution in [3.8, 4) is 11.8 Å². The third-order valence-corrected chi connectivity index (χ3v) is 3.47. The van der Waals surface area contributed by atoms with Crippen LogP contribution in [0.1, 0.15) is 16.7 Å². The average molecular weight is 309 g/mol. The highest BCUT2D eigenvalue weighted by Crippen LogP contribution is 2.12. The zero-order valence-electron chi connectivity index (χ0n) is 13.7. The van der Waals surface area contributed by atoms with Gasteiger partial charge in [-0.2, -0.15) is 5.26 Å². The fourth-order valence-electron chi connectivity index (χ4n) is 2.10. The first kappa shape index (κ1) is 17.0. The van der Waals surface area contributed by atoms with Crippen LogP contribution >= 0.6 is 0 Å². The van der Waals surface area contributed by atoms with Gasteiger partial charge in [-0.15, -0.1) is 0 Å². The molecule has 1 N–H and O–H groups in total. The van der Waals surface area contributed by atoms with Gasteiger partial charge in [0, 0.05) is 19.6 Å². The fourth-order valence-corrected chi connectivity index (χ4v) is 2.10. The number of nitrogens with zero attached hydrogens (tertiary/aromatic N) is 2. The Bertz CT molecular complexity index is 627. The molecule has 2 rings (SSSR count). The van der Waals surface area contributed by atoms with Crippen molar-refractivity contribution >= 4 is 0 Å². The molecule has 0 aliphatic carbocycles. The zero-order chi connectivity index (χ0) is 16.5. The third-order valence-electron chi connectivity index (χ3n) is 3.47. The molecular formula is C19H23N3O. The van der Waals surface area contributed by atoms with Crippen LogP contribution in [0.4, 0.5) is 0 Å². The minimum Gasteiger partial charge on any atom is -0.492 e. The summed E-state index contributed by atoms with van der Waals surface area (Å²) in [6, 6.07) is 18.0. The molecular weight excluding hydrogens is 286 g/mol. The maximum atomic E-state index is 8.78. The molecule has 2 aromatic carbocycles. The molecule has 23 heavy (non-hydrogen) atoms. The van der Waals surface area contributed by atoms with E-state index >= 15 is 0 Å². The lowest BCUT2D eigenvalue weighted by Gasteiger charge is -2.11. The number of hydrogen-bond acceptors (Lipinski definition) is 4. The molecule has 0 atom stereocenters. The summed E-state index contributed by atoms with van der Waals surface area (Å²) < 4.78 is 5.68. The highest BCUT2D eigenvalue weighted by Gasteiger charge is 1.98. The van der Waals surface area contributed by atoms with Crippen molar-refractivity contribution in [1.29, 1.82) is 5.26 Å². The monoisotopic (exact) mass is 309 g/mol. The van der Waals surface area contributed by atoms with Crippen molar-refractivity contribution in [3.05, 3.63) is 65.2 Å². The van der Waals surface area contributed by atoms with Gasteiger partial charge in [-0.05, 0) is 49.5 Å². The molecule has 120 valence electrons. The Hall–Kier alpha value is -2.35. The van der Waals surface area contributed by atoms with Gasteiger partial charge in [-0.3, -0.25) is 0 Å². The largest absolute Gasteiger partial charge is 0.492 e. The second-order valence-electron chi connectivity index (χ2n) is 5.71. The van der Waals surface area contributed by atoms with Crippen molar-refractivity contribution < 1.29 is 4.74 Å². The molecule has 0 fully saturated rings. The Balaban J connectivity index is 1.74. The summed E-state index contributed by atoms with van der Waals surface area (Å²) in [7, 11) is 4.07.